The highest BCUT2D eigenvalue weighted by molar-refractivity contribution is 5.98. The van der Waals surface area contributed by atoms with Gasteiger partial charge >= 0.3 is 0 Å². The fraction of sp³-hybridized carbons (Fsp3) is 0.0588. The van der Waals surface area contributed by atoms with Gasteiger partial charge in [-0.2, -0.15) is 0 Å². The van der Waals surface area contributed by atoms with Crippen molar-refractivity contribution in [1.82, 2.24) is 19.6 Å². The van der Waals surface area contributed by atoms with Crippen LogP contribution in [-0.4, -0.2) is 31.3 Å². The van der Waals surface area contributed by atoms with Gasteiger partial charge in [-0.25, -0.2) is 14.6 Å². The van der Waals surface area contributed by atoms with E-state index in [1.165, 1.54) is 4.68 Å². The summed E-state index contributed by atoms with van der Waals surface area (Å²) >= 11 is 0. The predicted molar refractivity (Wildman–Crippen MR) is 101 cm³/mol. The molecule has 9 heteroatoms. The average molecular weight is 347 g/mol. The summed E-state index contributed by atoms with van der Waals surface area (Å²) in [5.74, 6) is 7.48. The van der Waals surface area contributed by atoms with Gasteiger partial charge in [0.25, 0.3) is 0 Å². The molecule has 0 saturated heterocycles. The highest BCUT2D eigenvalue weighted by atomic mass is 15.3. The third-order valence-electron chi connectivity index (χ3n) is 4.24. The Labute approximate surface area is 147 Å². The van der Waals surface area contributed by atoms with Gasteiger partial charge in [-0.3, -0.25) is 10.8 Å². The lowest BCUT2D eigenvalue weighted by Gasteiger charge is -2.00. The van der Waals surface area contributed by atoms with Gasteiger partial charge in [0.15, 0.2) is 0 Å². The lowest BCUT2D eigenvalue weighted by atomic mass is 10.2. The van der Waals surface area contributed by atoms with Crippen LogP contribution in [-0.2, 0) is 6.42 Å². The minimum absolute atomic E-state index is 0.00748. The maximum atomic E-state index is 7.53. The first-order valence-corrected chi connectivity index (χ1v) is 7.86. The predicted octanol–water partition coefficient (Wildman–Crippen LogP) is 0.785. The van der Waals surface area contributed by atoms with Crippen molar-refractivity contribution >= 4 is 33.7 Å². The number of imidazole rings is 2. The number of H-pyrrole nitrogens is 1. The average Bonchev–Trinajstić information content (AvgIpc) is 3.14. The number of rotatable bonds is 4. The molecular formula is C17H17N9. The Hall–Kier alpha value is -3.88. The highest BCUT2D eigenvalue weighted by Crippen LogP contribution is 2.19. The van der Waals surface area contributed by atoms with E-state index in [-0.39, 0.29) is 11.7 Å². The number of nitrogens with two attached hydrogens (primary N) is 3. The van der Waals surface area contributed by atoms with Crippen molar-refractivity contribution in [2.75, 3.05) is 5.84 Å². The third kappa shape index (κ3) is 2.51. The summed E-state index contributed by atoms with van der Waals surface area (Å²) in [4.78, 5) is 12.3. The van der Waals surface area contributed by atoms with Crippen molar-refractivity contribution in [2.45, 2.75) is 6.42 Å². The van der Waals surface area contributed by atoms with Crippen LogP contribution in [0, 0.1) is 10.8 Å². The number of fused-ring (bicyclic) bond motifs is 2. The molecule has 130 valence electrons. The standard InChI is InChI=1S/C17H17N9/c18-16(19)8-1-3-10-11(5-8)24-14(23-10)7-15-25-12-6-9(17(20)21)2-4-13(12)26(15)22/h1-6H,7,22H2,(H3,18,19)(H3,20,21)(H,23,24). The molecule has 9 nitrogen and oxygen atoms in total. The molecule has 0 fully saturated rings. The van der Waals surface area contributed by atoms with Crippen LogP contribution in [0.4, 0.5) is 0 Å². The van der Waals surface area contributed by atoms with Crippen LogP contribution in [0.2, 0.25) is 0 Å². The van der Waals surface area contributed by atoms with Crippen molar-refractivity contribution in [3.8, 4) is 0 Å². The molecule has 0 aliphatic rings. The molecule has 2 aromatic heterocycles. The number of nitrogens with one attached hydrogen (secondary N) is 3. The zero-order valence-corrected chi connectivity index (χ0v) is 13.7. The largest absolute Gasteiger partial charge is 0.384 e. The maximum absolute atomic E-state index is 7.53. The summed E-state index contributed by atoms with van der Waals surface area (Å²) in [6, 6.07) is 10.6. The molecule has 0 aliphatic heterocycles. The number of nitrogens with zero attached hydrogens (tertiary/aromatic N) is 3. The fourth-order valence-corrected chi connectivity index (χ4v) is 2.90. The minimum Gasteiger partial charge on any atom is -0.384 e. The molecule has 0 radical (unpaired) electrons. The van der Waals surface area contributed by atoms with E-state index in [9.17, 15) is 0 Å². The van der Waals surface area contributed by atoms with Gasteiger partial charge in [-0.05, 0) is 36.4 Å². The summed E-state index contributed by atoms with van der Waals surface area (Å²) in [5.41, 5.74) is 15.3. The Balaban J connectivity index is 1.72. The van der Waals surface area contributed by atoms with Gasteiger partial charge < -0.3 is 22.3 Å². The normalized spacial score (nSPS) is 11.2. The van der Waals surface area contributed by atoms with Crippen LogP contribution in [0.3, 0.4) is 0 Å². The van der Waals surface area contributed by atoms with E-state index in [1.54, 1.807) is 30.3 Å². The van der Waals surface area contributed by atoms with E-state index in [4.69, 9.17) is 28.1 Å². The number of benzene rings is 2. The Morgan fingerprint density at radius 2 is 1.65 bits per heavy atom. The Bertz CT molecular complexity index is 1180. The van der Waals surface area contributed by atoms with Crippen LogP contribution < -0.4 is 17.3 Å². The molecule has 0 unspecified atom stereocenters. The van der Waals surface area contributed by atoms with Crippen LogP contribution in [0.25, 0.3) is 22.1 Å². The monoisotopic (exact) mass is 347 g/mol. The number of hydrogen-bond donors (Lipinski definition) is 6. The smallest absolute Gasteiger partial charge is 0.136 e. The summed E-state index contributed by atoms with van der Waals surface area (Å²) in [7, 11) is 0. The van der Waals surface area contributed by atoms with Crippen molar-refractivity contribution in [2.24, 2.45) is 11.5 Å². The Morgan fingerprint density at radius 1 is 0.962 bits per heavy atom. The highest BCUT2D eigenvalue weighted by Gasteiger charge is 2.13. The number of amidine groups is 2. The first kappa shape index (κ1) is 15.6. The van der Waals surface area contributed by atoms with Crippen molar-refractivity contribution < 1.29 is 0 Å². The molecule has 4 rings (SSSR count). The maximum Gasteiger partial charge on any atom is 0.136 e. The van der Waals surface area contributed by atoms with E-state index < -0.39 is 0 Å². The van der Waals surface area contributed by atoms with Crippen molar-refractivity contribution in [1.29, 1.82) is 10.8 Å². The van der Waals surface area contributed by atoms with Gasteiger partial charge in [-0.1, -0.05) is 0 Å². The van der Waals surface area contributed by atoms with Gasteiger partial charge in [0.05, 0.1) is 28.5 Å². The molecular weight excluding hydrogens is 330 g/mol. The second-order valence-electron chi connectivity index (χ2n) is 6.02. The second kappa shape index (κ2) is 5.59. The first-order chi connectivity index (χ1) is 12.4. The zero-order valence-electron chi connectivity index (χ0n) is 13.7. The molecule has 0 spiro atoms. The van der Waals surface area contributed by atoms with Gasteiger partial charge in [0, 0.05) is 11.1 Å². The topological polar surface area (TPSA) is 172 Å². The molecule has 2 heterocycles. The zero-order chi connectivity index (χ0) is 18.4. The molecule has 0 amide bonds. The fourth-order valence-electron chi connectivity index (χ4n) is 2.90. The van der Waals surface area contributed by atoms with Crippen molar-refractivity contribution in [3.63, 3.8) is 0 Å². The molecule has 0 saturated carbocycles. The molecule has 0 aliphatic carbocycles. The molecule has 2 aromatic carbocycles. The molecule has 4 aromatic rings. The molecule has 9 N–H and O–H groups in total. The van der Waals surface area contributed by atoms with Crippen LogP contribution in [0.15, 0.2) is 36.4 Å². The molecule has 0 atom stereocenters. The number of nitrogen functional groups attached to an aromatic ring is 3. The van der Waals surface area contributed by atoms with Gasteiger partial charge in [0.2, 0.25) is 0 Å². The van der Waals surface area contributed by atoms with E-state index >= 15 is 0 Å². The summed E-state index contributed by atoms with van der Waals surface area (Å²) < 4.78 is 1.51. The third-order valence-corrected chi connectivity index (χ3v) is 4.24. The minimum atomic E-state index is -0.0152. The van der Waals surface area contributed by atoms with E-state index in [0.29, 0.717) is 34.7 Å². The number of hydrogen-bond acceptors (Lipinski definition) is 5. The van der Waals surface area contributed by atoms with Crippen LogP contribution >= 0.6 is 0 Å². The molecule has 0 bridgehead atoms. The number of aromatic nitrogens is 4. The SMILES string of the molecule is N=C(N)c1ccc2c(c1)nc(Cc1nc3ccc(C(=N)N)cc3[nH]1)n2N. The van der Waals surface area contributed by atoms with Crippen LogP contribution in [0.1, 0.15) is 22.8 Å². The van der Waals surface area contributed by atoms with Gasteiger partial charge in [0.1, 0.15) is 23.3 Å². The molecule has 26 heavy (non-hydrogen) atoms. The summed E-state index contributed by atoms with van der Waals surface area (Å²) in [6.45, 7) is 0. The first-order valence-electron chi connectivity index (χ1n) is 7.86. The second-order valence-corrected chi connectivity index (χ2v) is 6.02. The lowest BCUT2D eigenvalue weighted by Crippen LogP contribution is -2.13. The summed E-state index contributed by atoms with van der Waals surface area (Å²) in [5, 5.41) is 15.1. The number of aromatic amines is 1. The van der Waals surface area contributed by atoms with E-state index in [0.717, 1.165) is 16.6 Å². The Kier molecular flexibility index (Phi) is 3.36. The van der Waals surface area contributed by atoms with E-state index in [2.05, 4.69) is 15.0 Å². The Morgan fingerprint density at radius 3 is 2.38 bits per heavy atom. The van der Waals surface area contributed by atoms with Crippen molar-refractivity contribution in [3.05, 3.63) is 59.2 Å². The quantitative estimate of drug-likeness (QED) is 0.181. The summed E-state index contributed by atoms with van der Waals surface area (Å²) in [6.07, 6.45) is 0.407. The van der Waals surface area contributed by atoms with E-state index in [1.807, 2.05) is 6.07 Å². The van der Waals surface area contributed by atoms with Gasteiger partial charge in [-0.15, -0.1) is 0 Å². The van der Waals surface area contributed by atoms with Crippen LogP contribution in [0.5, 0.6) is 0 Å². The lowest BCUT2D eigenvalue weighted by molar-refractivity contribution is 0.867.